The van der Waals surface area contributed by atoms with Crippen molar-refractivity contribution in [3.63, 3.8) is 0 Å². The number of benzene rings is 1. The minimum atomic E-state index is -0.483. The molecule has 30 heavy (non-hydrogen) atoms. The first kappa shape index (κ1) is 21.2. The number of esters is 2. The fourth-order valence-corrected chi connectivity index (χ4v) is 7.11. The number of carbonyl (C=O) groups is 2. The van der Waals surface area contributed by atoms with E-state index in [0.717, 1.165) is 24.8 Å². The van der Waals surface area contributed by atoms with Crippen LogP contribution in [0.4, 0.5) is 0 Å². The Kier molecular flexibility index (Phi) is 4.94. The molecule has 4 atom stereocenters. The lowest BCUT2D eigenvalue weighted by Gasteiger charge is -2.63. The van der Waals surface area contributed by atoms with Gasteiger partial charge in [-0.25, -0.2) is 9.59 Å². The summed E-state index contributed by atoms with van der Waals surface area (Å²) in [7, 11) is 2.71. The van der Waals surface area contributed by atoms with Crippen molar-refractivity contribution in [1.82, 2.24) is 0 Å². The van der Waals surface area contributed by atoms with Crippen LogP contribution in [0, 0.1) is 22.7 Å². The van der Waals surface area contributed by atoms with Crippen molar-refractivity contribution in [2.45, 2.75) is 71.8 Å². The quantitative estimate of drug-likeness (QED) is 0.623. The van der Waals surface area contributed by atoms with Gasteiger partial charge >= 0.3 is 11.9 Å². The minimum absolute atomic E-state index is 0.154. The average molecular weight is 415 g/mol. The van der Waals surface area contributed by atoms with Gasteiger partial charge in [-0.1, -0.05) is 27.2 Å². The summed E-state index contributed by atoms with van der Waals surface area (Å²) in [5, 5.41) is 0. The van der Waals surface area contributed by atoms with E-state index in [9.17, 15) is 9.59 Å². The fourth-order valence-electron chi connectivity index (χ4n) is 7.11. The van der Waals surface area contributed by atoms with Gasteiger partial charge in [0.2, 0.25) is 0 Å². The summed E-state index contributed by atoms with van der Waals surface area (Å²) < 4.78 is 16.6. The lowest BCUT2D eigenvalue weighted by molar-refractivity contribution is -0.162. The molecule has 2 saturated carbocycles. The van der Waals surface area contributed by atoms with Gasteiger partial charge in [-0.2, -0.15) is 0 Å². The van der Waals surface area contributed by atoms with E-state index >= 15 is 0 Å². The summed E-state index contributed by atoms with van der Waals surface area (Å²) in [4.78, 5) is 24.8. The van der Waals surface area contributed by atoms with Crippen LogP contribution in [0.5, 0.6) is 5.75 Å². The molecule has 0 unspecified atom stereocenters. The van der Waals surface area contributed by atoms with E-state index in [1.807, 2.05) is 0 Å². The number of hydrogen-bond donors (Lipinski definition) is 0. The van der Waals surface area contributed by atoms with Crippen LogP contribution in [0.15, 0.2) is 12.1 Å². The second-order valence-corrected chi connectivity index (χ2v) is 10.6. The third-order valence-electron chi connectivity index (χ3n) is 8.53. The van der Waals surface area contributed by atoms with E-state index in [0.29, 0.717) is 34.1 Å². The molecular formula is C25H34O5. The van der Waals surface area contributed by atoms with Crippen molar-refractivity contribution in [3.8, 4) is 5.75 Å². The minimum Gasteiger partial charge on any atom is -0.487 e. The topological polar surface area (TPSA) is 61.8 Å². The highest BCUT2D eigenvalue weighted by molar-refractivity contribution is 5.97. The highest BCUT2D eigenvalue weighted by Gasteiger charge is 2.60. The van der Waals surface area contributed by atoms with E-state index in [-0.39, 0.29) is 11.0 Å². The lowest BCUT2D eigenvalue weighted by Crippen LogP contribution is -2.61. The molecule has 2 aliphatic carbocycles. The first-order chi connectivity index (χ1) is 14.1. The molecule has 5 heteroatoms. The standard InChI is InChI=1S/C25H34O5/c1-23(2)9-7-10-24(3)19(23)8-11-25(4)20(24)14-16-17(22(27)29-6)12-15(21(26)28-5)13-18(16)30-25/h12-13,19-20H,7-11,14H2,1-6H3/t19-,20+,24-,25+/m0/s1. The Bertz CT molecular complexity index is 888. The highest BCUT2D eigenvalue weighted by Crippen LogP contribution is 2.64. The summed E-state index contributed by atoms with van der Waals surface area (Å²) in [6.45, 7) is 9.48. The van der Waals surface area contributed by atoms with Crippen LogP contribution in [0.1, 0.15) is 86.1 Å². The van der Waals surface area contributed by atoms with Crippen LogP contribution < -0.4 is 4.74 Å². The molecule has 3 aliphatic rings. The monoisotopic (exact) mass is 414 g/mol. The van der Waals surface area contributed by atoms with Gasteiger partial charge < -0.3 is 14.2 Å². The van der Waals surface area contributed by atoms with E-state index in [1.165, 1.54) is 33.5 Å². The lowest BCUT2D eigenvalue weighted by atomic mass is 9.44. The van der Waals surface area contributed by atoms with Crippen molar-refractivity contribution in [2.75, 3.05) is 14.2 Å². The van der Waals surface area contributed by atoms with Crippen LogP contribution in [0.25, 0.3) is 0 Å². The molecule has 0 bridgehead atoms. The molecule has 0 N–H and O–H groups in total. The van der Waals surface area contributed by atoms with Gasteiger partial charge in [-0.3, -0.25) is 0 Å². The molecule has 5 nitrogen and oxygen atoms in total. The largest absolute Gasteiger partial charge is 0.487 e. The molecule has 1 aromatic carbocycles. The maximum Gasteiger partial charge on any atom is 0.338 e. The molecule has 1 heterocycles. The number of hydrogen-bond acceptors (Lipinski definition) is 5. The van der Waals surface area contributed by atoms with Crippen molar-refractivity contribution in [1.29, 1.82) is 0 Å². The molecule has 0 aromatic heterocycles. The number of rotatable bonds is 2. The zero-order valence-corrected chi connectivity index (χ0v) is 19.1. The normalized spacial score (nSPS) is 33.9. The van der Waals surface area contributed by atoms with Crippen LogP contribution in [0.2, 0.25) is 0 Å². The van der Waals surface area contributed by atoms with Crippen molar-refractivity contribution < 1.29 is 23.8 Å². The molecule has 164 valence electrons. The van der Waals surface area contributed by atoms with Gasteiger partial charge in [0, 0.05) is 11.5 Å². The number of carbonyl (C=O) groups excluding carboxylic acids is 2. The second-order valence-electron chi connectivity index (χ2n) is 10.6. The fraction of sp³-hybridized carbons (Fsp3) is 0.680. The maximum atomic E-state index is 12.6. The van der Waals surface area contributed by atoms with Crippen LogP contribution in [0.3, 0.4) is 0 Å². The Morgan fingerprint density at radius 3 is 2.33 bits per heavy atom. The summed E-state index contributed by atoms with van der Waals surface area (Å²) in [6, 6.07) is 3.32. The number of fused-ring (bicyclic) bond motifs is 4. The van der Waals surface area contributed by atoms with Gasteiger partial charge in [-0.05, 0) is 67.9 Å². The molecule has 0 saturated heterocycles. The van der Waals surface area contributed by atoms with Gasteiger partial charge in [0.15, 0.2) is 0 Å². The van der Waals surface area contributed by atoms with Crippen molar-refractivity contribution in [2.24, 2.45) is 22.7 Å². The van der Waals surface area contributed by atoms with E-state index in [4.69, 9.17) is 14.2 Å². The van der Waals surface area contributed by atoms with Gasteiger partial charge in [0.1, 0.15) is 11.4 Å². The van der Waals surface area contributed by atoms with Crippen LogP contribution >= 0.6 is 0 Å². The Morgan fingerprint density at radius 1 is 0.967 bits per heavy atom. The van der Waals surface area contributed by atoms with E-state index in [1.54, 1.807) is 12.1 Å². The predicted molar refractivity (Wildman–Crippen MR) is 114 cm³/mol. The molecule has 0 spiro atoms. The average Bonchev–Trinajstić information content (AvgIpc) is 2.69. The summed E-state index contributed by atoms with van der Waals surface area (Å²) in [6.07, 6.45) is 6.58. The van der Waals surface area contributed by atoms with E-state index in [2.05, 4.69) is 27.7 Å². The number of methoxy groups -OCH3 is 2. The molecule has 1 aliphatic heterocycles. The Labute approximate surface area is 179 Å². The SMILES string of the molecule is COC(=O)c1cc2c(c(C(=O)OC)c1)C[C@@H]1[C@@]3(C)CCCC(C)(C)[C@@H]3CC[C@@]1(C)O2. The number of ether oxygens (including phenoxy) is 3. The van der Waals surface area contributed by atoms with Crippen LogP contribution in [-0.4, -0.2) is 31.8 Å². The highest BCUT2D eigenvalue weighted by atomic mass is 16.5. The third kappa shape index (κ3) is 3.04. The second kappa shape index (κ2) is 7.00. The first-order valence-corrected chi connectivity index (χ1v) is 11.1. The zero-order chi connectivity index (χ0) is 21.9. The Hall–Kier alpha value is -2.04. The molecule has 4 rings (SSSR count). The first-order valence-electron chi connectivity index (χ1n) is 11.1. The van der Waals surface area contributed by atoms with Gasteiger partial charge in [0.05, 0.1) is 25.3 Å². The van der Waals surface area contributed by atoms with Crippen LogP contribution in [-0.2, 0) is 15.9 Å². The summed E-state index contributed by atoms with van der Waals surface area (Å²) in [5.74, 6) is 0.643. The third-order valence-corrected chi connectivity index (χ3v) is 8.53. The van der Waals surface area contributed by atoms with Crippen molar-refractivity contribution in [3.05, 3.63) is 28.8 Å². The smallest absolute Gasteiger partial charge is 0.338 e. The van der Waals surface area contributed by atoms with E-state index < -0.39 is 11.9 Å². The summed E-state index contributed by atoms with van der Waals surface area (Å²) >= 11 is 0. The molecule has 2 fully saturated rings. The van der Waals surface area contributed by atoms with Gasteiger partial charge in [-0.15, -0.1) is 0 Å². The van der Waals surface area contributed by atoms with Gasteiger partial charge in [0.25, 0.3) is 0 Å². The summed E-state index contributed by atoms with van der Waals surface area (Å²) in [5.41, 5.74) is 1.75. The predicted octanol–water partition coefficient (Wildman–Crippen LogP) is 5.20. The Morgan fingerprint density at radius 2 is 1.67 bits per heavy atom. The maximum absolute atomic E-state index is 12.6. The molecule has 0 radical (unpaired) electrons. The molecular weight excluding hydrogens is 380 g/mol. The molecule has 0 amide bonds. The van der Waals surface area contributed by atoms with Crippen molar-refractivity contribution >= 4 is 11.9 Å². The molecule has 1 aromatic rings. The Balaban J connectivity index is 1.83. The zero-order valence-electron chi connectivity index (χ0n) is 19.1.